The molecule has 6 nitrogen and oxygen atoms in total. The fraction of sp³-hybridized carbons (Fsp3) is 0.115. The van der Waals surface area contributed by atoms with Gasteiger partial charge in [-0.25, -0.2) is 5.01 Å². The Hall–Kier alpha value is -3.71. The molecule has 4 aromatic carbocycles. The van der Waals surface area contributed by atoms with Gasteiger partial charge >= 0.3 is 0 Å². The van der Waals surface area contributed by atoms with E-state index >= 15 is 0 Å². The Bertz CT molecular complexity index is 1430. The SMILES string of the molecule is O=[N+]([O-])c1ccc([C@H]2Oc3ccc(Br)cc3[C@@H]3CC(c4ccc5ccccc5c4)=NN23)cc1. The molecule has 0 bridgehead atoms. The molecule has 2 aliphatic rings. The summed E-state index contributed by atoms with van der Waals surface area (Å²) in [5.41, 5.74) is 4.03. The molecular formula is C26H18BrN3O3. The minimum Gasteiger partial charge on any atom is -0.464 e. The third-order valence-corrected chi connectivity index (χ3v) is 6.72. The van der Waals surface area contributed by atoms with E-state index in [-0.39, 0.29) is 11.7 Å². The quantitative estimate of drug-likeness (QED) is 0.231. The summed E-state index contributed by atoms with van der Waals surface area (Å²) in [4.78, 5) is 10.7. The minimum atomic E-state index is -0.470. The van der Waals surface area contributed by atoms with E-state index in [1.807, 2.05) is 29.3 Å². The molecule has 0 amide bonds. The van der Waals surface area contributed by atoms with E-state index in [4.69, 9.17) is 9.84 Å². The number of hydrogen-bond donors (Lipinski definition) is 0. The first-order chi connectivity index (χ1) is 16.1. The van der Waals surface area contributed by atoms with E-state index in [9.17, 15) is 10.1 Å². The lowest BCUT2D eigenvalue weighted by Crippen LogP contribution is -2.33. The zero-order valence-electron chi connectivity index (χ0n) is 17.4. The number of fused-ring (bicyclic) bond motifs is 4. The van der Waals surface area contributed by atoms with Gasteiger partial charge in [-0.05, 0) is 52.7 Å². The molecule has 0 radical (unpaired) electrons. The zero-order chi connectivity index (χ0) is 22.5. The van der Waals surface area contributed by atoms with Gasteiger partial charge in [0, 0.05) is 34.2 Å². The van der Waals surface area contributed by atoms with Gasteiger partial charge in [-0.2, -0.15) is 5.10 Å². The maximum absolute atomic E-state index is 11.1. The average molecular weight is 500 g/mol. The Kier molecular flexibility index (Phi) is 4.66. The van der Waals surface area contributed by atoms with Crippen molar-refractivity contribution in [3.63, 3.8) is 0 Å². The Morgan fingerprint density at radius 2 is 1.76 bits per heavy atom. The number of ether oxygens (including phenoxy) is 1. The van der Waals surface area contributed by atoms with E-state index in [0.717, 1.165) is 39.0 Å². The van der Waals surface area contributed by atoms with E-state index in [1.54, 1.807) is 12.1 Å². The number of hydrazone groups is 1. The minimum absolute atomic E-state index is 0.00733. The third-order valence-electron chi connectivity index (χ3n) is 6.22. The van der Waals surface area contributed by atoms with Crippen LogP contribution in [0.2, 0.25) is 0 Å². The molecule has 0 fully saturated rings. The standard InChI is InChI=1S/C26H18BrN3O3/c27-20-9-12-25-22(14-20)24-15-23(19-6-5-16-3-1-2-4-18(16)13-19)28-29(24)26(33-25)17-7-10-21(11-8-17)30(31)32/h1-14,24,26H,15H2/t24-,26+/m0/s1. The van der Waals surface area contributed by atoms with Crippen LogP contribution in [0, 0.1) is 10.1 Å². The fourth-order valence-electron chi connectivity index (χ4n) is 4.58. The number of benzene rings is 4. The summed E-state index contributed by atoms with van der Waals surface area (Å²) in [6.07, 6.45) is 0.275. The lowest BCUT2D eigenvalue weighted by atomic mass is 9.95. The molecule has 6 rings (SSSR count). The predicted octanol–water partition coefficient (Wildman–Crippen LogP) is 6.75. The van der Waals surface area contributed by atoms with Crippen LogP contribution in [0.5, 0.6) is 5.75 Å². The second-order valence-electron chi connectivity index (χ2n) is 8.21. The molecule has 0 saturated carbocycles. The van der Waals surface area contributed by atoms with Crippen LogP contribution >= 0.6 is 15.9 Å². The molecule has 0 N–H and O–H groups in total. The van der Waals surface area contributed by atoms with Crippen LogP contribution in [0.25, 0.3) is 10.8 Å². The normalized spacial score (nSPS) is 18.9. The van der Waals surface area contributed by atoms with Crippen molar-refractivity contribution in [3.05, 3.63) is 116 Å². The van der Waals surface area contributed by atoms with Crippen LogP contribution in [0.3, 0.4) is 0 Å². The number of nitro groups is 1. The van der Waals surface area contributed by atoms with Crippen molar-refractivity contribution in [1.82, 2.24) is 5.01 Å². The van der Waals surface area contributed by atoms with E-state index in [1.165, 1.54) is 22.9 Å². The van der Waals surface area contributed by atoms with Gasteiger partial charge in [0.15, 0.2) is 0 Å². The molecule has 7 heteroatoms. The van der Waals surface area contributed by atoms with Crippen molar-refractivity contribution in [2.75, 3.05) is 0 Å². The summed E-state index contributed by atoms with van der Waals surface area (Å²) in [5.74, 6) is 0.803. The number of nitrogens with zero attached hydrogens (tertiary/aromatic N) is 3. The number of non-ortho nitro benzene ring substituents is 1. The van der Waals surface area contributed by atoms with Crippen LogP contribution in [0.15, 0.2) is 94.5 Å². The van der Waals surface area contributed by atoms with E-state index in [0.29, 0.717) is 0 Å². The summed E-state index contributed by atoms with van der Waals surface area (Å²) >= 11 is 3.58. The third kappa shape index (κ3) is 3.45. The lowest BCUT2D eigenvalue weighted by molar-refractivity contribution is -0.384. The van der Waals surface area contributed by atoms with Crippen LogP contribution < -0.4 is 4.74 Å². The maximum atomic E-state index is 11.1. The van der Waals surface area contributed by atoms with E-state index < -0.39 is 11.2 Å². The summed E-state index contributed by atoms with van der Waals surface area (Å²) in [6, 6.07) is 27.2. The summed E-state index contributed by atoms with van der Waals surface area (Å²) in [6.45, 7) is 0. The van der Waals surface area contributed by atoms with Crippen LogP contribution in [0.4, 0.5) is 5.69 Å². The van der Waals surface area contributed by atoms with Gasteiger partial charge in [0.25, 0.3) is 5.69 Å². The molecule has 162 valence electrons. The number of hydrogen-bond acceptors (Lipinski definition) is 5. The van der Waals surface area contributed by atoms with Gasteiger partial charge in [-0.15, -0.1) is 0 Å². The van der Waals surface area contributed by atoms with Crippen molar-refractivity contribution in [3.8, 4) is 5.75 Å². The van der Waals surface area contributed by atoms with Gasteiger partial charge in [0.1, 0.15) is 5.75 Å². The molecule has 0 spiro atoms. The molecule has 33 heavy (non-hydrogen) atoms. The first-order valence-electron chi connectivity index (χ1n) is 10.6. The van der Waals surface area contributed by atoms with Crippen molar-refractivity contribution in [2.24, 2.45) is 5.10 Å². The summed E-state index contributed by atoms with van der Waals surface area (Å²) in [5, 5.41) is 20.5. The van der Waals surface area contributed by atoms with Gasteiger partial charge in [0.05, 0.1) is 16.7 Å². The van der Waals surface area contributed by atoms with Crippen molar-refractivity contribution >= 4 is 38.1 Å². The number of halogens is 1. The predicted molar refractivity (Wildman–Crippen MR) is 130 cm³/mol. The van der Waals surface area contributed by atoms with Gasteiger partial charge in [-0.1, -0.05) is 52.3 Å². The lowest BCUT2D eigenvalue weighted by Gasteiger charge is -2.38. The van der Waals surface area contributed by atoms with Crippen molar-refractivity contribution < 1.29 is 9.66 Å². The topological polar surface area (TPSA) is 68.0 Å². The highest BCUT2D eigenvalue weighted by atomic mass is 79.9. The molecular weight excluding hydrogens is 482 g/mol. The molecule has 2 atom stereocenters. The Morgan fingerprint density at radius 1 is 0.970 bits per heavy atom. The second kappa shape index (κ2) is 7.71. The van der Waals surface area contributed by atoms with Gasteiger partial charge in [-0.3, -0.25) is 10.1 Å². The molecule has 0 aliphatic carbocycles. The molecule has 2 aliphatic heterocycles. The van der Waals surface area contributed by atoms with E-state index in [2.05, 4.69) is 52.3 Å². The molecule has 0 unspecified atom stereocenters. The number of rotatable bonds is 3. The van der Waals surface area contributed by atoms with Gasteiger partial charge in [0.2, 0.25) is 6.23 Å². The largest absolute Gasteiger partial charge is 0.464 e. The molecule has 4 aromatic rings. The zero-order valence-corrected chi connectivity index (χ0v) is 19.0. The molecule has 2 heterocycles. The number of nitro benzene ring substituents is 1. The van der Waals surface area contributed by atoms with Crippen LogP contribution in [-0.4, -0.2) is 15.6 Å². The van der Waals surface area contributed by atoms with Crippen LogP contribution in [0.1, 0.15) is 35.4 Å². The highest BCUT2D eigenvalue weighted by molar-refractivity contribution is 9.10. The van der Waals surface area contributed by atoms with Crippen LogP contribution in [-0.2, 0) is 0 Å². The Labute approximate surface area is 198 Å². The Morgan fingerprint density at radius 3 is 2.55 bits per heavy atom. The fourth-order valence-corrected chi connectivity index (χ4v) is 4.96. The summed E-state index contributed by atoms with van der Waals surface area (Å²) < 4.78 is 7.35. The second-order valence-corrected chi connectivity index (χ2v) is 9.13. The van der Waals surface area contributed by atoms with Gasteiger partial charge < -0.3 is 4.74 Å². The Balaban J connectivity index is 1.43. The summed E-state index contributed by atoms with van der Waals surface area (Å²) in [7, 11) is 0. The smallest absolute Gasteiger partial charge is 0.269 e. The highest BCUT2D eigenvalue weighted by Gasteiger charge is 2.41. The molecule has 0 saturated heterocycles. The average Bonchev–Trinajstić information content (AvgIpc) is 3.29. The van der Waals surface area contributed by atoms with Crippen molar-refractivity contribution in [1.29, 1.82) is 0 Å². The maximum Gasteiger partial charge on any atom is 0.269 e. The molecule has 0 aromatic heterocycles. The van der Waals surface area contributed by atoms with Crippen molar-refractivity contribution in [2.45, 2.75) is 18.7 Å². The monoisotopic (exact) mass is 499 g/mol. The first kappa shape index (κ1) is 19.9. The first-order valence-corrected chi connectivity index (χ1v) is 11.4. The highest BCUT2D eigenvalue weighted by Crippen LogP contribution is 2.48.